The van der Waals surface area contributed by atoms with Crippen molar-refractivity contribution < 1.29 is 14.3 Å². The van der Waals surface area contributed by atoms with Gasteiger partial charge in [0.25, 0.3) is 0 Å². The number of ether oxygens (including phenoxy) is 1. The van der Waals surface area contributed by atoms with Crippen LogP contribution in [0, 0.1) is 0 Å². The smallest absolute Gasteiger partial charge is 0.343 e. The van der Waals surface area contributed by atoms with Crippen LogP contribution < -0.4 is 5.63 Å². The number of rotatable bonds is 9. The summed E-state index contributed by atoms with van der Waals surface area (Å²) < 4.78 is 11.0. The van der Waals surface area contributed by atoms with Crippen LogP contribution in [-0.2, 0) is 11.2 Å². The Morgan fingerprint density at radius 2 is 1.97 bits per heavy atom. The molecule has 30 heavy (non-hydrogen) atoms. The van der Waals surface area contributed by atoms with Gasteiger partial charge < -0.3 is 14.3 Å². The van der Waals surface area contributed by atoms with Gasteiger partial charge in [0.1, 0.15) is 11.5 Å². The highest BCUT2D eigenvalue weighted by Crippen LogP contribution is 2.39. The van der Waals surface area contributed by atoms with Gasteiger partial charge in [-0.05, 0) is 65.5 Å². The second-order valence-electron chi connectivity index (χ2n) is 8.60. The van der Waals surface area contributed by atoms with Gasteiger partial charge in [-0.25, -0.2) is 4.79 Å². The molecule has 1 N–H and O–H groups in total. The maximum absolute atomic E-state index is 12.3. The standard InChI is InChI=1S/C25H31NO4/c1-17(7-5-8-18(2)11-13-23-25(3,4)30-23)10-12-20-21(27)15-22(29-24(20)28)19-9-6-14-26-16-19/h6,8-10,14-16,23,27H,5,7,11-13H2,1-4H3/b17-10+,18-8+/t23-/m0/s1. The molecular weight excluding hydrogens is 378 g/mol. The van der Waals surface area contributed by atoms with Crippen LogP contribution in [0.3, 0.4) is 0 Å². The van der Waals surface area contributed by atoms with E-state index >= 15 is 0 Å². The van der Waals surface area contributed by atoms with Crippen LogP contribution in [-0.4, -0.2) is 21.8 Å². The number of aromatic nitrogens is 1. The molecule has 3 heterocycles. The van der Waals surface area contributed by atoms with Crippen molar-refractivity contribution in [3.8, 4) is 17.1 Å². The number of hydrogen-bond donors (Lipinski definition) is 1. The first-order valence-electron chi connectivity index (χ1n) is 10.5. The third-order valence-electron chi connectivity index (χ3n) is 5.62. The second-order valence-corrected chi connectivity index (χ2v) is 8.60. The Kier molecular flexibility index (Phi) is 6.93. The van der Waals surface area contributed by atoms with E-state index in [4.69, 9.17) is 9.15 Å². The Balaban J connectivity index is 1.52. The molecule has 0 unspecified atom stereocenters. The highest BCUT2D eigenvalue weighted by molar-refractivity contribution is 5.57. The van der Waals surface area contributed by atoms with E-state index in [2.05, 4.69) is 31.8 Å². The Morgan fingerprint density at radius 1 is 1.23 bits per heavy atom. The van der Waals surface area contributed by atoms with E-state index in [-0.39, 0.29) is 16.9 Å². The summed E-state index contributed by atoms with van der Waals surface area (Å²) in [6.07, 6.45) is 12.3. The lowest BCUT2D eigenvalue weighted by molar-refractivity contribution is 0.320. The summed E-state index contributed by atoms with van der Waals surface area (Å²) in [6.45, 7) is 8.49. The molecule has 0 aliphatic carbocycles. The molecule has 0 bridgehead atoms. The van der Waals surface area contributed by atoms with Crippen molar-refractivity contribution in [1.29, 1.82) is 0 Å². The number of allylic oxidation sites excluding steroid dienone is 4. The van der Waals surface area contributed by atoms with Crippen molar-refractivity contribution in [3.05, 3.63) is 69.9 Å². The highest BCUT2D eigenvalue weighted by Gasteiger charge is 2.46. The summed E-state index contributed by atoms with van der Waals surface area (Å²) in [5, 5.41) is 10.3. The molecule has 1 atom stereocenters. The van der Waals surface area contributed by atoms with Crippen molar-refractivity contribution >= 4 is 0 Å². The number of nitrogens with zero attached hydrogens (tertiary/aromatic N) is 1. The van der Waals surface area contributed by atoms with Crippen molar-refractivity contribution in [2.24, 2.45) is 0 Å². The normalized spacial score (nSPS) is 18.5. The summed E-state index contributed by atoms with van der Waals surface area (Å²) >= 11 is 0. The van der Waals surface area contributed by atoms with Crippen LogP contribution in [0.15, 0.2) is 63.1 Å². The van der Waals surface area contributed by atoms with Gasteiger partial charge in [-0.2, -0.15) is 0 Å². The molecule has 0 aromatic carbocycles. The molecule has 2 aromatic heterocycles. The number of pyridine rings is 1. The largest absolute Gasteiger partial charge is 0.507 e. The molecule has 160 valence electrons. The van der Waals surface area contributed by atoms with Crippen molar-refractivity contribution in [2.45, 2.75) is 71.5 Å². The van der Waals surface area contributed by atoms with Crippen LogP contribution in [0.1, 0.15) is 58.9 Å². The first-order chi connectivity index (χ1) is 14.3. The highest BCUT2D eigenvalue weighted by atomic mass is 16.6. The van der Waals surface area contributed by atoms with Crippen LogP contribution in [0.2, 0.25) is 0 Å². The fourth-order valence-corrected chi connectivity index (χ4v) is 3.47. The van der Waals surface area contributed by atoms with E-state index < -0.39 is 5.63 Å². The maximum Gasteiger partial charge on any atom is 0.343 e. The van der Waals surface area contributed by atoms with Gasteiger partial charge in [-0.1, -0.05) is 23.3 Å². The molecular formula is C25H31NO4. The predicted molar refractivity (Wildman–Crippen MR) is 119 cm³/mol. The van der Waals surface area contributed by atoms with E-state index in [9.17, 15) is 9.90 Å². The van der Waals surface area contributed by atoms with Crippen LogP contribution in [0.4, 0.5) is 0 Å². The van der Waals surface area contributed by atoms with Crippen molar-refractivity contribution in [1.82, 2.24) is 4.98 Å². The average molecular weight is 410 g/mol. The van der Waals surface area contributed by atoms with Crippen molar-refractivity contribution in [3.63, 3.8) is 0 Å². The van der Waals surface area contributed by atoms with E-state index in [1.807, 2.05) is 13.0 Å². The zero-order chi connectivity index (χ0) is 21.7. The topological polar surface area (TPSA) is 75.9 Å². The predicted octanol–water partition coefficient (Wildman–Crippen LogP) is 5.58. The lowest BCUT2D eigenvalue weighted by Gasteiger charge is -2.05. The minimum absolute atomic E-state index is 0.0462. The minimum Gasteiger partial charge on any atom is -0.507 e. The lowest BCUT2D eigenvalue weighted by Crippen LogP contribution is -2.07. The van der Waals surface area contributed by atoms with Gasteiger partial charge in [-0.3, -0.25) is 4.98 Å². The van der Waals surface area contributed by atoms with E-state index in [1.54, 1.807) is 24.5 Å². The second kappa shape index (κ2) is 9.43. The molecule has 0 radical (unpaired) electrons. The van der Waals surface area contributed by atoms with Gasteiger partial charge >= 0.3 is 5.63 Å². The molecule has 1 saturated heterocycles. The molecule has 1 fully saturated rings. The molecule has 5 nitrogen and oxygen atoms in total. The SMILES string of the molecule is C/C(=C\Cc1c(O)cc(-c2cccnc2)oc1=O)CC/C=C(\C)CC[C@@H]1OC1(C)C. The molecule has 1 aliphatic heterocycles. The quantitative estimate of drug-likeness (QED) is 0.432. The Morgan fingerprint density at radius 3 is 2.60 bits per heavy atom. The van der Waals surface area contributed by atoms with E-state index in [0.717, 1.165) is 25.7 Å². The van der Waals surface area contributed by atoms with Crippen LogP contribution in [0.5, 0.6) is 5.75 Å². The Hall–Kier alpha value is -2.66. The molecule has 0 amide bonds. The van der Waals surface area contributed by atoms with Gasteiger partial charge in [0, 0.05) is 30.4 Å². The van der Waals surface area contributed by atoms with E-state index in [0.29, 0.717) is 23.8 Å². The molecule has 0 saturated carbocycles. The number of aromatic hydroxyl groups is 1. The third kappa shape index (κ3) is 5.92. The first kappa shape index (κ1) is 22.0. The summed E-state index contributed by atoms with van der Waals surface area (Å²) in [6, 6.07) is 5.01. The van der Waals surface area contributed by atoms with Gasteiger partial charge in [0.05, 0.1) is 17.3 Å². The fourth-order valence-electron chi connectivity index (χ4n) is 3.47. The molecule has 0 spiro atoms. The zero-order valence-electron chi connectivity index (χ0n) is 18.3. The summed E-state index contributed by atoms with van der Waals surface area (Å²) in [5.41, 5.74) is 3.05. The fraction of sp³-hybridized carbons (Fsp3) is 0.440. The Bertz CT molecular complexity index is 986. The third-order valence-corrected chi connectivity index (χ3v) is 5.62. The summed E-state index contributed by atoms with van der Waals surface area (Å²) in [4.78, 5) is 16.3. The van der Waals surface area contributed by atoms with E-state index in [1.165, 1.54) is 17.2 Å². The van der Waals surface area contributed by atoms with Crippen molar-refractivity contribution in [2.75, 3.05) is 0 Å². The Labute approximate surface area is 178 Å². The monoisotopic (exact) mass is 409 g/mol. The van der Waals surface area contributed by atoms with Gasteiger partial charge in [0.15, 0.2) is 0 Å². The summed E-state index contributed by atoms with van der Waals surface area (Å²) in [5.74, 6) is 0.269. The molecule has 2 aromatic rings. The molecule has 1 aliphatic rings. The first-order valence-corrected chi connectivity index (χ1v) is 10.5. The number of hydrogen-bond acceptors (Lipinski definition) is 5. The van der Waals surface area contributed by atoms with Gasteiger partial charge in [0.2, 0.25) is 0 Å². The maximum atomic E-state index is 12.3. The van der Waals surface area contributed by atoms with Gasteiger partial charge in [-0.15, -0.1) is 0 Å². The summed E-state index contributed by atoms with van der Waals surface area (Å²) in [7, 11) is 0. The van der Waals surface area contributed by atoms with Crippen LogP contribution >= 0.6 is 0 Å². The number of epoxide rings is 1. The molecule has 3 rings (SSSR count). The zero-order valence-corrected chi connectivity index (χ0v) is 18.3. The lowest BCUT2D eigenvalue weighted by atomic mass is 10.0. The van der Waals surface area contributed by atoms with Crippen LogP contribution in [0.25, 0.3) is 11.3 Å². The minimum atomic E-state index is -0.515. The average Bonchev–Trinajstić information content (AvgIpc) is 3.32. The molecule has 5 heteroatoms.